The fourth-order valence-corrected chi connectivity index (χ4v) is 4.01. The number of halogens is 1. The van der Waals surface area contributed by atoms with Gasteiger partial charge in [0.25, 0.3) is 0 Å². The van der Waals surface area contributed by atoms with Crippen molar-refractivity contribution < 1.29 is 9.13 Å². The second-order valence-electron chi connectivity index (χ2n) is 6.27. The van der Waals surface area contributed by atoms with Crippen LogP contribution in [0.25, 0.3) is 16.2 Å². The molecule has 3 aromatic rings. The Balaban J connectivity index is 1.41. The van der Waals surface area contributed by atoms with E-state index < -0.39 is 0 Å². The number of rotatable bonds is 6. The molecule has 0 spiro atoms. The molecular formula is C18H22FN5OS. The van der Waals surface area contributed by atoms with Gasteiger partial charge in [-0.1, -0.05) is 11.3 Å². The van der Waals surface area contributed by atoms with Crippen LogP contribution in [0.2, 0.25) is 0 Å². The van der Waals surface area contributed by atoms with Gasteiger partial charge in [0.1, 0.15) is 5.82 Å². The quantitative estimate of drug-likeness (QED) is 0.620. The fourth-order valence-electron chi connectivity index (χ4n) is 3.08. The number of hydrogen-bond acceptors (Lipinski definition) is 6. The molecule has 2 aromatic heterocycles. The molecule has 138 valence electrons. The summed E-state index contributed by atoms with van der Waals surface area (Å²) in [5, 5.41) is 5.68. The number of fused-ring (bicyclic) bond motifs is 1. The molecule has 26 heavy (non-hydrogen) atoms. The van der Waals surface area contributed by atoms with Crippen molar-refractivity contribution in [2.24, 2.45) is 0 Å². The molecule has 0 amide bonds. The predicted octanol–water partition coefficient (Wildman–Crippen LogP) is 2.76. The SMILES string of the molecule is CCOCCN1CCN(c2nn3cc(-c4ccc(F)cc4)nc3s2)CC1. The van der Waals surface area contributed by atoms with Crippen molar-refractivity contribution in [1.29, 1.82) is 0 Å². The first kappa shape index (κ1) is 17.4. The molecule has 8 heteroatoms. The van der Waals surface area contributed by atoms with Crippen molar-refractivity contribution in [1.82, 2.24) is 19.5 Å². The van der Waals surface area contributed by atoms with E-state index in [-0.39, 0.29) is 5.82 Å². The molecular weight excluding hydrogens is 353 g/mol. The Hall–Kier alpha value is -2.03. The highest BCUT2D eigenvalue weighted by Gasteiger charge is 2.20. The second kappa shape index (κ2) is 7.69. The summed E-state index contributed by atoms with van der Waals surface area (Å²) in [6.07, 6.45) is 1.90. The van der Waals surface area contributed by atoms with Crippen LogP contribution in [0.1, 0.15) is 6.92 Å². The largest absolute Gasteiger partial charge is 0.380 e. The number of aromatic nitrogens is 3. The number of piperazine rings is 1. The van der Waals surface area contributed by atoms with Crippen molar-refractivity contribution in [3.05, 3.63) is 36.3 Å². The first-order valence-corrected chi connectivity index (χ1v) is 9.72. The molecule has 0 atom stereocenters. The van der Waals surface area contributed by atoms with Gasteiger partial charge in [-0.15, -0.1) is 5.10 Å². The van der Waals surface area contributed by atoms with Crippen LogP contribution in [-0.4, -0.2) is 65.4 Å². The van der Waals surface area contributed by atoms with Crippen LogP contribution in [0, 0.1) is 5.82 Å². The maximum absolute atomic E-state index is 13.1. The maximum Gasteiger partial charge on any atom is 0.214 e. The smallest absolute Gasteiger partial charge is 0.214 e. The topological polar surface area (TPSA) is 45.9 Å². The highest BCUT2D eigenvalue weighted by Crippen LogP contribution is 2.27. The van der Waals surface area contributed by atoms with Crippen LogP contribution in [0.15, 0.2) is 30.5 Å². The lowest BCUT2D eigenvalue weighted by Gasteiger charge is -2.34. The van der Waals surface area contributed by atoms with Gasteiger partial charge in [0, 0.05) is 44.9 Å². The summed E-state index contributed by atoms with van der Waals surface area (Å²) in [6, 6.07) is 6.38. The van der Waals surface area contributed by atoms with Gasteiger partial charge in [-0.05, 0) is 31.2 Å². The van der Waals surface area contributed by atoms with E-state index in [0.717, 1.165) is 67.3 Å². The molecule has 0 saturated carbocycles. The molecule has 3 heterocycles. The monoisotopic (exact) mass is 375 g/mol. The van der Waals surface area contributed by atoms with E-state index in [9.17, 15) is 4.39 Å². The Bertz CT molecular complexity index is 823. The van der Waals surface area contributed by atoms with Crippen molar-refractivity contribution in [2.45, 2.75) is 6.92 Å². The number of benzene rings is 1. The zero-order chi connectivity index (χ0) is 17.9. The summed E-state index contributed by atoms with van der Waals surface area (Å²) >= 11 is 1.59. The summed E-state index contributed by atoms with van der Waals surface area (Å²) in [5.41, 5.74) is 1.71. The van der Waals surface area contributed by atoms with E-state index in [4.69, 9.17) is 4.74 Å². The second-order valence-corrected chi connectivity index (χ2v) is 7.20. The third-order valence-electron chi connectivity index (χ3n) is 4.57. The van der Waals surface area contributed by atoms with Crippen molar-refractivity contribution >= 4 is 21.4 Å². The van der Waals surface area contributed by atoms with Gasteiger partial charge in [0.2, 0.25) is 10.1 Å². The van der Waals surface area contributed by atoms with Crippen LogP contribution in [0.4, 0.5) is 9.52 Å². The zero-order valence-electron chi connectivity index (χ0n) is 14.8. The Morgan fingerprint density at radius 2 is 1.92 bits per heavy atom. The molecule has 1 saturated heterocycles. The van der Waals surface area contributed by atoms with Gasteiger partial charge >= 0.3 is 0 Å². The summed E-state index contributed by atoms with van der Waals surface area (Å²) in [5.74, 6) is -0.240. The summed E-state index contributed by atoms with van der Waals surface area (Å²) in [4.78, 5) is 10.2. The number of hydrogen-bond donors (Lipinski definition) is 0. The molecule has 0 unspecified atom stereocenters. The lowest BCUT2D eigenvalue weighted by atomic mass is 10.2. The van der Waals surface area contributed by atoms with Crippen LogP contribution in [0.5, 0.6) is 0 Å². The maximum atomic E-state index is 13.1. The first-order valence-electron chi connectivity index (χ1n) is 8.90. The standard InChI is InChI=1S/C18H22FN5OS/c1-2-25-12-11-22-7-9-23(10-8-22)18-21-24-13-16(20-17(24)26-18)14-3-5-15(19)6-4-14/h3-6,13H,2,7-12H2,1H3. The minimum atomic E-state index is -0.240. The first-order chi connectivity index (χ1) is 12.7. The van der Waals surface area contributed by atoms with E-state index >= 15 is 0 Å². The number of anilines is 1. The van der Waals surface area contributed by atoms with E-state index in [1.165, 1.54) is 12.1 Å². The minimum Gasteiger partial charge on any atom is -0.380 e. The lowest BCUT2D eigenvalue weighted by Crippen LogP contribution is -2.47. The van der Waals surface area contributed by atoms with E-state index in [1.54, 1.807) is 23.5 Å². The van der Waals surface area contributed by atoms with E-state index in [1.807, 2.05) is 17.6 Å². The summed E-state index contributed by atoms with van der Waals surface area (Å²) < 4.78 is 20.3. The Labute approximate surface area is 155 Å². The Morgan fingerprint density at radius 3 is 2.62 bits per heavy atom. The highest BCUT2D eigenvalue weighted by atomic mass is 32.1. The van der Waals surface area contributed by atoms with Gasteiger partial charge < -0.3 is 9.64 Å². The van der Waals surface area contributed by atoms with Crippen molar-refractivity contribution in [3.8, 4) is 11.3 Å². The molecule has 0 N–H and O–H groups in total. The molecule has 0 aliphatic carbocycles. The van der Waals surface area contributed by atoms with E-state index in [2.05, 4.69) is 19.9 Å². The summed E-state index contributed by atoms with van der Waals surface area (Å²) in [7, 11) is 0. The summed E-state index contributed by atoms with van der Waals surface area (Å²) in [6.45, 7) is 8.57. The van der Waals surface area contributed by atoms with Crippen LogP contribution in [-0.2, 0) is 4.74 Å². The average molecular weight is 375 g/mol. The highest BCUT2D eigenvalue weighted by molar-refractivity contribution is 7.20. The molecule has 1 aliphatic rings. The van der Waals surface area contributed by atoms with Crippen LogP contribution < -0.4 is 4.90 Å². The van der Waals surface area contributed by atoms with Gasteiger partial charge in [-0.3, -0.25) is 4.90 Å². The van der Waals surface area contributed by atoms with Crippen molar-refractivity contribution in [2.75, 3.05) is 50.8 Å². The number of imidazole rings is 1. The third kappa shape index (κ3) is 3.72. The van der Waals surface area contributed by atoms with Gasteiger partial charge in [-0.25, -0.2) is 13.9 Å². The number of ether oxygens (including phenoxy) is 1. The van der Waals surface area contributed by atoms with Gasteiger partial charge in [0.15, 0.2) is 0 Å². The normalized spacial score (nSPS) is 15.8. The Morgan fingerprint density at radius 1 is 1.15 bits per heavy atom. The molecule has 1 fully saturated rings. The lowest BCUT2D eigenvalue weighted by molar-refractivity contribution is 0.111. The number of nitrogens with zero attached hydrogens (tertiary/aromatic N) is 5. The fraction of sp³-hybridized carbons (Fsp3) is 0.444. The molecule has 0 radical (unpaired) electrons. The van der Waals surface area contributed by atoms with Gasteiger partial charge in [0.05, 0.1) is 18.5 Å². The van der Waals surface area contributed by atoms with Crippen LogP contribution >= 0.6 is 11.3 Å². The molecule has 0 bridgehead atoms. The molecule has 6 nitrogen and oxygen atoms in total. The Kier molecular flexibility index (Phi) is 5.14. The van der Waals surface area contributed by atoms with Gasteiger partial charge in [-0.2, -0.15) is 0 Å². The predicted molar refractivity (Wildman–Crippen MR) is 101 cm³/mol. The van der Waals surface area contributed by atoms with Crippen LogP contribution in [0.3, 0.4) is 0 Å². The third-order valence-corrected chi connectivity index (χ3v) is 5.55. The minimum absolute atomic E-state index is 0.240. The van der Waals surface area contributed by atoms with Crippen molar-refractivity contribution in [3.63, 3.8) is 0 Å². The average Bonchev–Trinajstić information content (AvgIpc) is 3.22. The zero-order valence-corrected chi connectivity index (χ0v) is 15.6. The van der Waals surface area contributed by atoms with E-state index in [0.29, 0.717) is 0 Å². The molecule has 1 aliphatic heterocycles. The molecule has 4 rings (SSSR count). The molecule has 1 aromatic carbocycles.